The van der Waals surface area contributed by atoms with Gasteiger partial charge in [-0.1, -0.05) is 60.7 Å². The van der Waals surface area contributed by atoms with Gasteiger partial charge in [-0.25, -0.2) is 4.39 Å². The Kier molecular flexibility index (Phi) is 3.17. The van der Waals surface area contributed by atoms with Gasteiger partial charge in [-0.15, -0.1) is 0 Å². The molecule has 0 aromatic heterocycles. The summed E-state index contributed by atoms with van der Waals surface area (Å²) in [7, 11) is 0. The van der Waals surface area contributed by atoms with Crippen LogP contribution in [0.25, 0.3) is 0 Å². The summed E-state index contributed by atoms with van der Waals surface area (Å²) in [6.45, 7) is 0. The maximum absolute atomic E-state index is 17.2. The normalized spacial score (nSPS) is 34.5. The lowest BCUT2D eigenvalue weighted by Crippen LogP contribution is -2.55. The average Bonchev–Trinajstić information content (AvgIpc) is 2.61. The van der Waals surface area contributed by atoms with E-state index in [0.717, 1.165) is 48.1 Å². The van der Waals surface area contributed by atoms with Gasteiger partial charge in [-0.3, -0.25) is 0 Å². The summed E-state index contributed by atoms with van der Waals surface area (Å²) in [5.74, 6) is 2.25. The molecule has 0 unspecified atom stereocenters. The van der Waals surface area contributed by atoms with Crippen molar-refractivity contribution in [1.29, 1.82) is 0 Å². The molecule has 2 aromatic rings. The van der Waals surface area contributed by atoms with E-state index in [-0.39, 0.29) is 5.41 Å². The molecule has 4 bridgehead atoms. The minimum absolute atomic E-state index is 0.204. The van der Waals surface area contributed by atoms with Gasteiger partial charge in [-0.2, -0.15) is 0 Å². The minimum atomic E-state index is -1.36. The molecular weight excluding hydrogens is 295 g/mol. The van der Waals surface area contributed by atoms with E-state index >= 15 is 4.39 Å². The Morgan fingerprint density at radius 1 is 0.667 bits per heavy atom. The van der Waals surface area contributed by atoms with Crippen molar-refractivity contribution >= 4 is 0 Å². The van der Waals surface area contributed by atoms with Crippen LogP contribution in [-0.2, 0) is 5.67 Å². The quantitative estimate of drug-likeness (QED) is 0.639. The molecule has 2 aromatic carbocycles. The third kappa shape index (κ3) is 1.96. The lowest BCUT2D eigenvalue weighted by molar-refractivity contribution is -0.131. The number of rotatable bonds is 3. The minimum Gasteiger partial charge on any atom is -0.233 e. The molecule has 0 aliphatic heterocycles. The number of benzene rings is 2. The van der Waals surface area contributed by atoms with Crippen molar-refractivity contribution < 1.29 is 4.39 Å². The molecule has 0 nitrogen and oxygen atoms in total. The Morgan fingerprint density at radius 3 is 1.42 bits per heavy atom. The lowest BCUT2D eigenvalue weighted by atomic mass is 9.44. The van der Waals surface area contributed by atoms with E-state index < -0.39 is 5.67 Å². The van der Waals surface area contributed by atoms with Crippen molar-refractivity contribution in [3.8, 4) is 0 Å². The van der Waals surface area contributed by atoms with Crippen LogP contribution in [0.4, 0.5) is 4.39 Å². The molecule has 0 N–H and O–H groups in total. The molecule has 6 rings (SSSR count). The van der Waals surface area contributed by atoms with Crippen molar-refractivity contribution in [2.45, 2.75) is 44.2 Å². The fourth-order valence-electron chi connectivity index (χ4n) is 6.65. The standard InChI is InChI=1S/C23H25F/c24-23(20-7-3-1-4-8-20,21-9-5-2-6-10-21)22-14-17-11-18(15-22)13-19(12-17)16-22/h1-10,17-19H,11-16H2. The number of halogens is 1. The van der Waals surface area contributed by atoms with Gasteiger partial charge in [0.25, 0.3) is 0 Å². The van der Waals surface area contributed by atoms with Gasteiger partial charge in [0.05, 0.1) is 0 Å². The number of alkyl halides is 1. The summed E-state index contributed by atoms with van der Waals surface area (Å²) in [6, 6.07) is 20.0. The smallest absolute Gasteiger partial charge is 0.166 e. The Labute approximate surface area is 144 Å². The van der Waals surface area contributed by atoms with Crippen LogP contribution in [0.1, 0.15) is 49.7 Å². The molecule has 0 saturated heterocycles. The molecule has 1 heteroatoms. The summed E-state index contributed by atoms with van der Waals surface area (Å²) in [5.41, 5.74) is 0.159. The van der Waals surface area contributed by atoms with Crippen molar-refractivity contribution in [2.24, 2.45) is 23.2 Å². The zero-order valence-electron chi connectivity index (χ0n) is 14.1. The maximum Gasteiger partial charge on any atom is 0.166 e. The van der Waals surface area contributed by atoms with E-state index in [1.807, 2.05) is 60.7 Å². The summed E-state index contributed by atoms with van der Waals surface area (Å²) in [5, 5.41) is 0. The first-order valence-corrected chi connectivity index (χ1v) is 9.50. The van der Waals surface area contributed by atoms with Gasteiger partial charge < -0.3 is 0 Å². The highest BCUT2D eigenvalue weighted by molar-refractivity contribution is 5.40. The second kappa shape index (κ2) is 5.18. The summed E-state index contributed by atoms with van der Waals surface area (Å²) in [4.78, 5) is 0. The van der Waals surface area contributed by atoms with E-state index in [9.17, 15) is 0 Å². The molecular formula is C23H25F. The molecule has 0 heterocycles. The monoisotopic (exact) mass is 320 g/mol. The van der Waals surface area contributed by atoms with Gasteiger partial charge in [0, 0.05) is 5.41 Å². The van der Waals surface area contributed by atoms with E-state index in [0.29, 0.717) is 0 Å². The molecule has 0 spiro atoms. The highest BCUT2D eigenvalue weighted by Crippen LogP contribution is 2.68. The Morgan fingerprint density at radius 2 is 1.04 bits per heavy atom. The zero-order chi connectivity index (χ0) is 16.2. The van der Waals surface area contributed by atoms with Gasteiger partial charge in [0.1, 0.15) is 0 Å². The van der Waals surface area contributed by atoms with Crippen LogP contribution in [-0.4, -0.2) is 0 Å². The second-order valence-electron chi connectivity index (χ2n) is 8.59. The molecule has 0 atom stereocenters. The summed E-state index contributed by atoms with van der Waals surface area (Å²) < 4.78 is 17.2. The first-order valence-electron chi connectivity index (χ1n) is 9.50. The van der Waals surface area contributed by atoms with Crippen LogP contribution in [0.5, 0.6) is 0 Å². The molecule has 0 radical (unpaired) electrons. The largest absolute Gasteiger partial charge is 0.233 e. The predicted molar refractivity (Wildman–Crippen MR) is 95.4 cm³/mol. The average molecular weight is 320 g/mol. The first-order chi connectivity index (χ1) is 11.7. The lowest BCUT2D eigenvalue weighted by Gasteiger charge is -2.61. The van der Waals surface area contributed by atoms with E-state index in [1.54, 1.807) is 0 Å². The summed E-state index contributed by atoms with van der Waals surface area (Å²) >= 11 is 0. The molecule has 124 valence electrons. The van der Waals surface area contributed by atoms with E-state index in [1.165, 1.54) is 19.3 Å². The van der Waals surface area contributed by atoms with Crippen molar-refractivity contribution in [1.82, 2.24) is 0 Å². The van der Waals surface area contributed by atoms with Crippen molar-refractivity contribution in [3.05, 3.63) is 71.8 Å². The zero-order valence-corrected chi connectivity index (χ0v) is 14.1. The number of hydrogen-bond donors (Lipinski definition) is 0. The fourth-order valence-corrected chi connectivity index (χ4v) is 6.65. The highest BCUT2D eigenvalue weighted by atomic mass is 19.1. The second-order valence-corrected chi connectivity index (χ2v) is 8.59. The topological polar surface area (TPSA) is 0 Å². The third-order valence-electron chi connectivity index (χ3n) is 7.11. The van der Waals surface area contributed by atoms with Crippen LogP contribution < -0.4 is 0 Å². The van der Waals surface area contributed by atoms with Crippen LogP contribution in [0, 0.1) is 23.2 Å². The molecule has 4 fully saturated rings. The molecule has 4 aliphatic rings. The SMILES string of the molecule is FC(c1ccccc1)(c1ccccc1)C12CC3CC(CC(C3)C1)C2. The van der Waals surface area contributed by atoms with Crippen LogP contribution in [0.3, 0.4) is 0 Å². The van der Waals surface area contributed by atoms with Crippen molar-refractivity contribution in [3.63, 3.8) is 0 Å². The molecule has 0 amide bonds. The van der Waals surface area contributed by atoms with Gasteiger partial charge in [0.15, 0.2) is 5.67 Å². The van der Waals surface area contributed by atoms with Crippen LogP contribution in [0.15, 0.2) is 60.7 Å². The maximum atomic E-state index is 17.2. The van der Waals surface area contributed by atoms with Gasteiger partial charge >= 0.3 is 0 Å². The highest BCUT2D eigenvalue weighted by Gasteiger charge is 2.62. The molecule has 4 saturated carbocycles. The van der Waals surface area contributed by atoms with Crippen LogP contribution in [0.2, 0.25) is 0 Å². The molecule has 24 heavy (non-hydrogen) atoms. The Hall–Kier alpha value is -1.63. The van der Waals surface area contributed by atoms with E-state index in [2.05, 4.69) is 0 Å². The van der Waals surface area contributed by atoms with E-state index in [4.69, 9.17) is 0 Å². The Balaban J connectivity index is 1.70. The molecule has 4 aliphatic carbocycles. The van der Waals surface area contributed by atoms with Crippen LogP contribution >= 0.6 is 0 Å². The van der Waals surface area contributed by atoms with Crippen molar-refractivity contribution in [2.75, 3.05) is 0 Å². The number of hydrogen-bond acceptors (Lipinski definition) is 0. The first kappa shape index (κ1) is 14.7. The van der Waals surface area contributed by atoms with Gasteiger partial charge in [0.2, 0.25) is 0 Å². The third-order valence-corrected chi connectivity index (χ3v) is 7.11. The summed E-state index contributed by atoms with van der Waals surface area (Å²) in [6.07, 6.45) is 7.24. The fraction of sp³-hybridized carbons (Fsp3) is 0.478. The Bertz CT molecular complexity index is 643. The van der Waals surface area contributed by atoms with Gasteiger partial charge in [-0.05, 0) is 67.4 Å². The predicted octanol–water partition coefficient (Wildman–Crippen LogP) is 6.12.